The third kappa shape index (κ3) is 2.39. The lowest BCUT2D eigenvalue weighted by Gasteiger charge is -2.26. The Hall–Kier alpha value is -0.830. The summed E-state index contributed by atoms with van der Waals surface area (Å²) in [6.45, 7) is 9.91. The SMILES string of the molecule is CCNC(C)C(C)n1c(C)nc2c1CCCC2. The Bertz CT molecular complexity index is 381. The second-order valence-corrected chi connectivity index (χ2v) is 5.22. The maximum absolute atomic E-state index is 4.75. The van der Waals surface area contributed by atoms with Crippen LogP contribution in [0.1, 0.15) is 56.9 Å². The number of fused-ring (bicyclic) bond motifs is 1. The van der Waals surface area contributed by atoms with Gasteiger partial charge in [-0.3, -0.25) is 0 Å². The van der Waals surface area contributed by atoms with Crippen LogP contribution in [0.25, 0.3) is 0 Å². The Morgan fingerprint density at radius 3 is 2.71 bits per heavy atom. The summed E-state index contributed by atoms with van der Waals surface area (Å²) in [4.78, 5) is 4.75. The monoisotopic (exact) mass is 235 g/mol. The van der Waals surface area contributed by atoms with Crippen LogP contribution in [-0.4, -0.2) is 22.1 Å². The topological polar surface area (TPSA) is 29.9 Å². The Kier molecular flexibility index (Phi) is 3.87. The summed E-state index contributed by atoms with van der Waals surface area (Å²) in [6.07, 6.45) is 5.01. The van der Waals surface area contributed by atoms with E-state index in [9.17, 15) is 0 Å². The molecule has 0 bridgehead atoms. The van der Waals surface area contributed by atoms with Crippen molar-refractivity contribution >= 4 is 0 Å². The van der Waals surface area contributed by atoms with Gasteiger partial charge in [-0.25, -0.2) is 4.98 Å². The third-order valence-electron chi connectivity index (χ3n) is 4.00. The van der Waals surface area contributed by atoms with Crippen molar-refractivity contribution in [2.75, 3.05) is 6.54 Å². The molecule has 1 N–H and O–H groups in total. The molecular formula is C14H25N3. The minimum Gasteiger partial charge on any atom is -0.328 e. The first-order valence-corrected chi connectivity index (χ1v) is 6.95. The standard InChI is InChI=1S/C14H25N3/c1-5-15-10(2)11(3)17-12(4)16-13-8-6-7-9-14(13)17/h10-11,15H,5-9H2,1-4H3. The average molecular weight is 235 g/mol. The molecule has 1 aliphatic rings. The van der Waals surface area contributed by atoms with Gasteiger partial charge in [0.1, 0.15) is 5.82 Å². The summed E-state index contributed by atoms with van der Waals surface area (Å²) in [6, 6.07) is 0.989. The maximum atomic E-state index is 4.75. The second kappa shape index (κ2) is 5.21. The van der Waals surface area contributed by atoms with Gasteiger partial charge in [0.25, 0.3) is 0 Å². The highest BCUT2D eigenvalue weighted by molar-refractivity contribution is 5.21. The molecule has 1 aromatic heterocycles. The number of hydrogen-bond donors (Lipinski definition) is 1. The van der Waals surface area contributed by atoms with E-state index in [4.69, 9.17) is 4.98 Å². The predicted molar refractivity (Wildman–Crippen MR) is 71.5 cm³/mol. The van der Waals surface area contributed by atoms with Crippen LogP contribution in [0.4, 0.5) is 0 Å². The first-order chi connectivity index (χ1) is 8.15. The Labute approximate surface area is 105 Å². The van der Waals surface area contributed by atoms with Crippen LogP contribution < -0.4 is 5.32 Å². The van der Waals surface area contributed by atoms with Crippen molar-refractivity contribution in [3.05, 3.63) is 17.2 Å². The summed E-state index contributed by atoms with van der Waals surface area (Å²) in [7, 11) is 0. The third-order valence-corrected chi connectivity index (χ3v) is 4.00. The van der Waals surface area contributed by atoms with Crippen molar-refractivity contribution in [3.8, 4) is 0 Å². The van der Waals surface area contributed by atoms with Gasteiger partial charge in [0.05, 0.1) is 5.69 Å². The number of hydrogen-bond acceptors (Lipinski definition) is 2. The number of nitrogens with one attached hydrogen (secondary N) is 1. The zero-order valence-electron chi connectivity index (χ0n) is 11.6. The molecule has 0 saturated carbocycles. The minimum absolute atomic E-state index is 0.490. The van der Waals surface area contributed by atoms with Crippen LogP contribution in [0, 0.1) is 6.92 Å². The lowest BCUT2D eigenvalue weighted by Crippen LogP contribution is -2.34. The Morgan fingerprint density at radius 1 is 1.29 bits per heavy atom. The molecule has 0 amide bonds. The van der Waals surface area contributed by atoms with Crippen LogP contribution in [-0.2, 0) is 12.8 Å². The van der Waals surface area contributed by atoms with Gasteiger partial charge in [0, 0.05) is 17.8 Å². The number of nitrogens with zero attached hydrogens (tertiary/aromatic N) is 2. The molecule has 1 heterocycles. The number of aryl methyl sites for hydroxylation is 2. The molecule has 0 aromatic carbocycles. The second-order valence-electron chi connectivity index (χ2n) is 5.22. The highest BCUT2D eigenvalue weighted by atomic mass is 15.1. The van der Waals surface area contributed by atoms with Crippen molar-refractivity contribution in [2.45, 2.75) is 65.5 Å². The molecule has 17 heavy (non-hydrogen) atoms. The van der Waals surface area contributed by atoms with E-state index in [1.54, 1.807) is 0 Å². The van der Waals surface area contributed by atoms with Gasteiger partial charge < -0.3 is 9.88 Å². The summed E-state index contributed by atoms with van der Waals surface area (Å²) in [5, 5.41) is 3.52. The van der Waals surface area contributed by atoms with Crippen molar-refractivity contribution in [1.29, 1.82) is 0 Å². The first kappa shape index (κ1) is 12.6. The molecule has 1 aromatic rings. The molecule has 2 rings (SSSR count). The smallest absolute Gasteiger partial charge is 0.106 e. The van der Waals surface area contributed by atoms with E-state index in [1.807, 2.05) is 0 Å². The van der Waals surface area contributed by atoms with E-state index in [-0.39, 0.29) is 0 Å². The average Bonchev–Trinajstić information content (AvgIpc) is 2.64. The molecule has 0 aliphatic heterocycles. The fourth-order valence-corrected chi connectivity index (χ4v) is 2.95. The van der Waals surface area contributed by atoms with Gasteiger partial charge >= 0.3 is 0 Å². The highest BCUT2D eigenvalue weighted by Crippen LogP contribution is 2.26. The van der Waals surface area contributed by atoms with E-state index in [1.165, 1.54) is 42.9 Å². The summed E-state index contributed by atoms with van der Waals surface area (Å²) in [5.41, 5.74) is 2.84. The van der Waals surface area contributed by atoms with Crippen molar-refractivity contribution < 1.29 is 0 Å². The molecule has 3 nitrogen and oxygen atoms in total. The molecule has 1 aliphatic carbocycles. The quantitative estimate of drug-likeness (QED) is 0.869. The van der Waals surface area contributed by atoms with Crippen LogP contribution >= 0.6 is 0 Å². The molecule has 2 atom stereocenters. The van der Waals surface area contributed by atoms with Gasteiger partial charge in [-0.15, -0.1) is 0 Å². The molecule has 3 heteroatoms. The minimum atomic E-state index is 0.490. The van der Waals surface area contributed by atoms with Crippen LogP contribution in [0.2, 0.25) is 0 Å². The zero-order chi connectivity index (χ0) is 12.4. The van der Waals surface area contributed by atoms with Crippen LogP contribution in [0.15, 0.2) is 0 Å². The Morgan fingerprint density at radius 2 is 2.00 bits per heavy atom. The summed E-state index contributed by atoms with van der Waals surface area (Å²) in [5.74, 6) is 1.19. The van der Waals surface area contributed by atoms with E-state index < -0.39 is 0 Å². The molecular weight excluding hydrogens is 210 g/mol. The molecule has 0 saturated heterocycles. The summed E-state index contributed by atoms with van der Waals surface area (Å²) < 4.78 is 2.46. The molecule has 96 valence electrons. The van der Waals surface area contributed by atoms with Gasteiger partial charge in [0.15, 0.2) is 0 Å². The predicted octanol–water partition coefficient (Wildman–Crippen LogP) is 2.63. The number of likely N-dealkylation sites (N-methyl/N-ethyl adjacent to an activating group) is 1. The van der Waals surface area contributed by atoms with Gasteiger partial charge in [-0.2, -0.15) is 0 Å². The van der Waals surface area contributed by atoms with E-state index in [0.29, 0.717) is 12.1 Å². The van der Waals surface area contributed by atoms with Crippen molar-refractivity contribution in [3.63, 3.8) is 0 Å². The maximum Gasteiger partial charge on any atom is 0.106 e. The highest BCUT2D eigenvalue weighted by Gasteiger charge is 2.23. The number of rotatable bonds is 4. The number of imidazole rings is 1. The lowest BCUT2D eigenvalue weighted by molar-refractivity contribution is 0.382. The van der Waals surface area contributed by atoms with Crippen molar-refractivity contribution in [1.82, 2.24) is 14.9 Å². The van der Waals surface area contributed by atoms with Gasteiger partial charge in [0.2, 0.25) is 0 Å². The molecule has 0 fully saturated rings. The van der Waals surface area contributed by atoms with E-state index in [0.717, 1.165) is 6.54 Å². The fraction of sp³-hybridized carbons (Fsp3) is 0.786. The van der Waals surface area contributed by atoms with Gasteiger partial charge in [-0.05, 0) is 53.0 Å². The Balaban J connectivity index is 2.28. The molecule has 0 radical (unpaired) electrons. The van der Waals surface area contributed by atoms with Crippen LogP contribution in [0.3, 0.4) is 0 Å². The van der Waals surface area contributed by atoms with Gasteiger partial charge in [-0.1, -0.05) is 6.92 Å². The molecule has 0 spiro atoms. The first-order valence-electron chi connectivity index (χ1n) is 6.95. The van der Waals surface area contributed by atoms with Crippen LogP contribution in [0.5, 0.6) is 0 Å². The van der Waals surface area contributed by atoms with E-state index >= 15 is 0 Å². The normalized spacial score (nSPS) is 18.8. The fourth-order valence-electron chi connectivity index (χ4n) is 2.95. The van der Waals surface area contributed by atoms with Crippen molar-refractivity contribution in [2.24, 2.45) is 0 Å². The largest absolute Gasteiger partial charge is 0.328 e. The number of aromatic nitrogens is 2. The molecule has 2 unspecified atom stereocenters. The zero-order valence-corrected chi connectivity index (χ0v) is 11.6. The van der Waals surface area contributed by atoms with E-state index in [2.05, 4.69) is 37.6 Å². The lowest BCUT2D eigenvalue weighted by atomic mass is 10.00. The summed E-state index contributed by atoms with van der Waals surface area (Å²) >= 11 is 0.